The second-order valence-corrected chi connectivity index (χ2v) is 6.24. The Hall–Kier alpha value is -2.38. The maximum absolute atomic E-state index is 13.1. The number of imidazole rings is 1. The van der Waals surface area contributed by atoms with Gasteiger partial charge in [0.2, 0.25) is 0 Å². The Morgan fingerprint density at radius 2 is 1.83 bits per heavy atom. The van der Waals surface area contributed by atoms with Crippen LogP contribution in [0.4, 0.5) is 10.1 Å². The lowest BCUT2D eigenvalue weighted by atomic mass is 10.3. The largest absolute Gasteiger partial charge is 0.336 e. The Bertz CT molecular complexity index is 914. The summed E-state index contributed by atoms with van der Waals surface area (Å²) in [6.07, 6.45) is 3.53. The molecule has 0 unspecified atom stereocenters. The molecule has 3 aromatic rings. The number of H-pyrrole nitrogens is 1. The van der Waals surface area contributed by atoms with Crippen molar-refractivity contribution in [3.05, 3.63) is 71.0 Å². The second-order valence-electron chi connectivity index (χ2n) is 4.97. The van der Waals surface area contributed by atoms with E-state index in [4.69, 9.17) is 12.2 Å². The summed E-state index contributed by atoms with van der Waals surface area (Å²) >= 11 is 6.87. The van der Waals surface area contributed by atoms with Gasteiger partial charge in [-0.25, -0.2) is 4.39 Å². The Labute approximate surface area is 147 Å². The molecule has 1 heterocycles. The molecular weight excluding hydrogens is 345 g/mol. The van der Waals surface area contributed by atoms with Crippen LogP contribution in [0.5, 0.6) is 0 Å². The van der Waals surface area contributed by atoms with Gasteiger partial charge in [-0.3, -0.25) is 9.36 Å². The van der Waals surface area contributed by atoms with Crippen molar-refractivity contribution in [2.24, 2.45) is 0 Å². The standard InChI is InChI=1S/C17H14FN3OS2/c1-24-14-8-4-12(5-9-14)20-16(22)15-10-19-17(23)21(15)13-6-2-11(18)3-7-13/h2-10H,1H3,(H,19,23)(H,20,22). The van der Waals surface area contributed by atoms with Crippen molar-refractivity contribution >= 4 is 35.6 Å². The van der Waals surface area contributed by atoms with E-state index in [1.807, 2.05) is 30.5 Å². The maximum Gasteiger partial charge on any atom is 0.274 e. The maximum atomic E-state index is 13.1. The molecule has 7 heteroatoms. The predicted octanol–water partition coefficient (Wildman–Crippen LogP) is 4.65. The number of anilines is 1. The molecule has 24 heavy (non-hydrogen) atoms. The van der Waals surface area contributed by atoms with E-state index in [2.05, 4.69) is 10.3 Å². The first kappa shape index (κ1) is 16.5. The number of nitrogens with one attached hydrogen (secondary N) is 2. The smallest absolute Gasteiger partial charge is 0.274 e. The molecule has 0 fully saturated rings. The van der Waals surface area contributed by atoms with Crippen molar-refractivity contribution in [1.82, 2.24) is 9.55 Å². The van der Waals surface area contributed by atoms with E-state index in [1.165, 1.54) is 18.3 Å². The van der Waals surface area contributed by atoms with Crippen molar-refractivity contribution in [3.63, 3.8) is 0 Å². The summed E-state index contributed by atoms with van der Waals surface area (Å²) < 4.78 is 15.0. The summed E-state index contributed by atoms with van der Waals surface area (Å²) in [6.45, 7) is 0. The summed E-state index contributed by atoms with van der Waals surface area (Å²) in [5, 5.41) is 2.83. The zero-order chi connectivity index (χ0) is 17.1. The molecule has 3 rings (SSSR count). The first-order valence-electron chi connectivity index (χ1n) is 7.10. The lowest BCUT2D eigenvalue weighted by Gasteiger charge is -2.09. The number of rotatable bonds is 4. The Morgan fingerprint density at radius 1 is 1.17 bits per heavy atom. The van der Waals surface area contributed by atoms with E-state index in [0.717, 1.165) is 4.90 Å². The van der Waals surface area contributed by atoms with Gasteiger partial charge in [-0.15, -0.1) is 11.8 Å². The lowest BCUT2D eigenvalue weighted by Crippen LogP contribution is -2.16. The number of thioether (sulfide) groups is 1. The van der Waals surface area contributed by atoms with Gasteiger partial charge in [0.1, 0.15) is 11.5 Å². The molecule has 0 radical (unpaired) electrons. The van der Waals surface area contributed by atoms with Gasteiger partial charge in [-0.1, -0.05) is 0 Å². The van der Waals surface area contributed by atoms with Crippen molar-refractivity contribution in [2.75, 3.05) is 11.6 Å². The fourth-order valence-electron chi connectivity index (χ4n) is 2.25. The first-order chi connectivity index (χ1) is 11.6. The number of carbonyl (C=O) groups excluding carboxylic acids is 1. The van der Waals surface area contributed by atoms with Gasteiger partial charge in [-0.05, 0) is 67.0 Å². The van der Waals surface area contributed by atoms with Crippen LogP contribution < -0.4 is 5.32 Å². The van der Waals surface area contributed by atoms with Crippen LogP contribution in [0, 0.1) is 10.6 Å². The van der Waals surface area contributed by atoms with Crippen LogP contribution in [-0.2, 0) is 0 Å². The average Bonchev–Trinajstić information content (AvgIpc) is 2.98. The third-order valence-corrected chi connectivity index (χ3v) is 4.49. The number of nitrogens with zero attached hydrogens (tertiary/aromatic N) is 1. The number of aromatic amines is 1. The van der Waals surface area contributed by atoms with E-state index < -0.39 is 0 Å². The molecule has 1 aromatic heterocycles. The van der Waals surface area contributed by atoms with E-state index in [0.29, 0.717) is 21.8 Å². The number of carbonyl (C=O) groups is 1. The highest BCUT2D eigenvalue weighted by atomic mass is 32.2. The van der Waals surface area contributed by atoms with E-state index in [1.54, 1.807) is 28.5 Å². The van der Waals surface area contributed by atoms with Crippen LogP contribution in [0.1, 0.15) is 10.5 Å². The molecule has 0 spiro atoms. The molecular formula is C17H14FN3OS2. The summed E-state index contributed by atoms with van der Waals surface area (Å²) in [5.74, 6) is -0.649. The minimum atomic E-state index is -0.347. The van der Waals surface area contributed by atoms with Crippen molar-refractivity contribution in [3.8, 4) is 5.69 Å². The van der Waals surface area contributed by atoms with Crippen LogP contribution in [0.25, 0.3) is 5.69 Å². The fraction of sp³-hybridized carbons (Fsp3) is 0.0588. The van der Waals surface area contributed by atoms with Crippen LogP contribution in [0.3, 0.4) is 0 Å². The van der Waals surface area contributed by atoms with Gasteiger partial charge in [0.05, 0.1) is 0 Å². The van der Waals surface area contributed by atoms with E-state index in [9.17, 15) is 9.18 Å². The van der Waals surface area contributed by atoms with Gasteiger partial charge in [-0.2, -0.15) is 0 Å². The van der Waals surface area contributed by atoms with Crippen LogP contribution in [-0.4, -0.2) is 21.7 Å². The number of aromatic nitrogens is 2. The fourth-order valence-corrected chi connectivity index (χ4v) is 2.92. The molecule has 0 bridgehead atoms. The highest BCUT2D eigenvalue weighted by Gasteiger charge is 2.14. The molecule has 2 aromatic carbocycles. The van der Waals surface area contributed by atoms with Gasteiger partial charge in [0.25, 0.3) is 5.91 Å². The molecule has 4 nitrogen and oxygen atoms in total. The Kier molecular flexibility index (Phi) is 4.82. The van der Waals surface area contributed by atoms with Crippen molar-refractivity contribution < 1.29 is 9.18 Å². The monoisotopic (exact) mass is 359 g/mol. The average molecular weight is 359 g/mol. The van der Waals surface area contributed by atoms with Gasteiger partial charge >= 0.3 is 0 Å². The highest BCUT2D eigenvalue weighted by Crippen LogP contribution is 2.19. The van der Waals surface area contributed by atoms with Gasteiger partial charge in [0, 0.05) is 22.5 Å². The Balaban J connectivity index is 1.90. The van der Waals surface area contributed by atoms with Crippen molar-refractivity contribution in [2.45, 2.75) is 4.90 Å². The number of benzene rings is 2. The minimum absolute atomic E-state index is 0.302. The summed E-state index contributed by atoms with van der Waals surface area (Å²) in [5.41, 5.74) is 1.65. The third-order valence-electron chi connectivity index (χ3n) is 3.44. The number of hydrogen-bond donors (Lipinski definition) is 2. The predicted molar refractivity (Wildman–Crippen MR) is 97.1 cm³/mol. The molecule has 0 atom stereocenters. The van der Waals surface area contributed by atoms with Gasteiger partial charge < -0.3 is 10.3 Å². The third kappa shape index (κ3) is 3.42. The van der Waals surface area contributed by atoms with Crippen LogP contribution in [0.15, 0.2) is 59.6 Å². The molecule has 2 N–H and O–H groups in total. The zero-order valence-electron chi connectivity index (χ0n) is 12.7. The van der Waals surface area contributed by atoms with Crippen LogP contribution in [0.2, 0.25) is 0 Å². The van der Waals surface area contributed by atoms with E-state index >= 15 is 0 Å². The number of amides is 1. The minimum Gasteiger partial charge on any atom is -0.336 e. The SMILES string of the molecule is CSc1ccc(NC(=O)c2c[nH]c(=S)n2-c2ccc(F)cc2)cc1. The van der Waals surface area contributed by atoms with Crippen LogP contribution >= 0.6 is 24.0 Å². The van der Waals surface area contributed by atoms with Gasteiger partial charge in [0.15, 0.2) is 4.77 Å². The molecule has 0 aliphatic carbocycles. The molecule has 0 saturated carbocycles. The summed E-state index contributed by atoms with van der Waals surface area (Å²) in [7, 11) is 0. The molecule has 0 aliphatic rings. The number of hydrogen-bond acceptors (Lipinski definition) is 3. The molecule has 122 valence electrons. The molecule has 0 aliphatic heterocycles. The quantitative estimate of drug-likeness (QED) is 0.527. The number of halogens is 1. The molecule has 0 saturated heterocycles. The van der Waals surface area contributed by atoms with E-state index in [-0.39, 0.29) is 11.7 Å². The normalized spacial score (nSPS) is 10.6. The summed E-state index contributed by atoms with van der Waals surface area (Å²) in [4.78, 5) is 16.5. The first-order valence-corrected chi connectivity index (χ1v) is 8.73. The van der Waals surface area contributed by atoms with Crippen molar-refractivity contribution in [1.29, 1.82) is 0 Å². The lowest BCUT2D eigenvalue weighted by molar-refractivity contribution is 0.102. The second kappa shape index (κ2) is 7.02. The Morgan fingerprint density at radius 3 is 2.46 bits per heavy atom. The topological polar surface area (TPSA) is 49.8 Å². The zero-order valence-corrected chi connectivity index (χ0v) is 14.4. The molecule has 1 amide bonds. The summed E-state index contributed by atoms with van der Waals surface area (Å²) in [6, 6.07) is 13.3. The highest BCUT2D eigenvalue weighted by molar-refractivity contribution is 7.98.